The second-order valence-corrected chi connectivity index (χ2v) is 7.28. The van der Waals surface area contributed by atoms with Crippen LogP contribution in [-0.4, -0.2) is 21.5 Å². The number of Topliss-reactive ketones (excluding diaryl/α,β-unsaturated/α-hetero) is 1. The van der Waals surface area contributed by atoms with E-state index in [-0.39, 0.29) is 23.1 Å². The van der Waals surface area contributed by atoms with E-state index in [0.717, 1.165) is 5.69 Å². The highest BCUT2D eigenvalue weighted by molar-refractivity contribution is 6.04. The Bertz CT molecular complexity index is 767. The summed E-state index contributed by atoms with van der Waals surface area (Å²) in [5.74, 6) is -0.0508. The van der Waals surface area contributed by atoms with Crippen LogP contribution in [0, 0.1) is 0 Å². The van der Waals surface area contributed by atoms with Crippen LogP contribution in [-0.2, 0) is 5.54 Å². The van der Waals surface area contributed by atoms with E-state index >= 15 is 0 Å². The lowest BCUT2D eigenvalue weighted by atomic mass is 10.1. The molecular weight excluding hydrogens is 302 g/mol. The Morgan fingerprint density at radius 3 is 2.33 bits per heavy atom. The van der Waals surface area contributed by atoms with Crippen LogP contribution in [0.25, 0.3) is 0 Å². The highest BCUT2D eigenvalue weighted by Gasteiger charge is 2.23. The van der Waals surface area contributed by atoms with Gasteiger partial charge in [-0.2, -0.15) is 5.10 Å². The van der Waals surface area contributed by atoms with Gasteiger partial charge < -0.3 is 5.32 Å². The fourth-order valence-electron chi connectivity index (χ4n) is 2.47. The monoisotopic (exact) mass is 327 g/mol. The summed E-state index contributed by atoms with van der Waals surface area (Å²) in [6.45, 7) is 11.8. The van der Waals surface area contributed by atoms with Crippen molar-refractivity contribution >= 4 is 17.4 Å². The SMILES string of the molecule is CC(=O)c1cccc(NC(=O)c2cc(C(C)C)n(C(C)(C)C)n2)c1. The number of anilines is 1. The molecule has 0 bridgehead atoms. The van der Waals surface area contributed by atoms with E-state index in [0.29, 0.717) is 16.9 Å². The molecule has 24 heavy (non-hydrogen) atoms. The third-order valence-corrected chi connectivity index (χ3v) is 3.72. The number of ketones is 1. The molecule has 0 aliphatic carbocycles. The molecule has 1 heterocycles. The molecule has 0 saturated heterocycles. The molecule has 0 fully saturated rings. The van der Waals surface area contributed by atoms with Crippen molar-refractivity contribution in [1.82, 2.24) is 9.78 Å². The number of nitrogens with zero attached hydrogens (tertiary/aromatic N) is 2. The largest absolute Gasteiger partial charge is 0.321 e. The molecule has 5 nitrogen and oxygen atoms in total. The Balaban J connectivity index is 2.30. The Kier molecular flexibility index (Phi) is 4.92. The maximum atomic E-state index is 12.5. The molecule has 1 aromatic carbocycles. The Hall–Kier alpha value is -2.43. The maximum Gasteiger partial charge on any atom is 0.276 e. The van der Waals surface area contributed by atoms with Crippen molar-refractivity contribution in [1.29, 1.82) is 0 Å². The van der Waals surface area contributed by atoms with Gasteiger partial charge in [-0.15, -0.1) is 0 Å². The molecule has 1 amide bonds. The van der Waals surface area contributed by atoms with Gasteiger partial charge in [-0.3, -0.25) is 14.3 Å². The Morgan fingerprint density at radius 2 is 1.83 bits per heavy atom. The third-order valence-electron chi connectivity index (χ3n) is 3.72. The number of aromatic nitrogens is 2. The van der Waals surface area contributed by atoms with E-state index in [2.05, 4.69) is 45.0 Å². The van der Waals surface area contributed by atoms with Crippen LogP contribution in [0.15, 0.2) is 30.3 Å². The van der Waals surface area contributed by atoms with Gasteiger partial charge in [-0.1, -0.05) is 26.0 Å². The van der Waals surface area contributed by atoms with E-state index in [9.17, 15) is 9.59 Å². The zero-order valence-corrected chi connectivity index (χ0v) is 15.2. The summed E-state index contributed by atoms with van der Waals surface area (Å²) in [6.07, 6.45) is 0. The molecule has 0 aliphatic heterocycles. The average Bonchev–Trinajstić information content (AvgIpc) is 2.93. The van der Waals surface area contributed by atoms with Crippen LogP contribution in [0.2, 0.25) is 0 Å². The smallest absolute Gasteiger partial charge is 0.276 e. The normalized spacial score (nSPS) is 11.6. The summed E-state index contributed by atoms with van der Waals surface area (Å²) in [5.41, 5.74) is 2.35. The van der Waals surface area contributed by atoms with E-state index in [1.165, 1.54) is 6.92 Å². The maximum absolute atomic E-state index is 12.5. The summed E-state index contributed by atoms with van der Waals surface area (Å²) >= 11 is 0. The molecule has 1 aromatic heterocycles. The fourth-order valence-corrected chi connectivity index (χ4v) is 2.47. The number of carbonyl (C=O) groups is 2. The predicted molar refractivity (Wildman–Crippen MR) is 95.7 cm³/mol. The number of rotatable bonds is 4. The highest BCUT2D eigenvalue weighted by atomic mass is 16.2. The van der Waals surface area contributed by atoms with Gasteiger partial charge in [0.15, 0.2) is 11.5 Å². The van der Waals surface area contributed by atoms with Crippen molar-refractivity contribution in [2.75, 3.05) is 5.32 Å². The first kappa shape index (κ1) is 17.9. The van der Waals surface area contributed by atoms with Gasteiger partial charge in [0, 0.05) is 16.9 Å². The Morgan fingerprint density at radius 1 is 1.17 bits per heavy atom. The molecule has 1 N–H and O–H groups in total. The number of carbonyl (C=O) groups excluding carboxylic acids is 2. The molecule has 0 radical (unpaired) electrons. The molecule has 128 valence electrons. The van der Waals surface area contributed by atoms with Gasteiger partial charge in [0.2, 0.25) is 0 Å². The molecule has 0 aliphatic rings. The number of amides is 1. The van der Waals surface area contributed by atoms with Crippen LogP contribution in [0.5, 0.6) is 0 Å². The molecule has 2 rings (SSSR count). The van der Waals surface area contributed by atoms with Crippen LogP contribution >= 0.6 is 0 Å². The van der Waals surface area contributed by atoms with Crippen molar-refractivity contribution < 1.29 is 9.59 Å². The number of benzene rings is 1. The predicted octanol–water partition coefficient (Wildman–Crippen LogP) is 4.22. The van der Waals surface area contributed by atoms with Crippen LogP contribution in [0.4, 0.5) is 5.69 Å². The molecule has 0 saturated carbocycles. The van der Waals surface area contributed by atoms with Gasteiger partial charge in [0.25, 0.3) is 5.91 Å². The van der Waals surface area contributed by atoms with Crippen molar-refractivity contribution in [2.24, 2.45) is 0 Å². The van der Waals surface area contributed by atoms with Gasteiger partial charge >= 0.3 is 0 Å². The van der Waals surface area contributed by atoms with Crippen LogP contribution in [0.3, 0.4) is 0 Å². The lowest BCUT2D eigenvalue weighted by Gasteiger charge is -2.23. The second kappa shape index (κ2) is 6.59. The van der Waals surface area contributed by atoms with Crippen molar-refractivity contribution in [2.45, 2.75) is 53.0 Å². The number of hydrogen-bond donors (Lipinski definition) is 1. The molecule has 0 atom stereocenters. The fraction of sp³-hybridized carbons (Fsp3) is 0.421. The zero-order chi connectivity index (χ0) is 18.1. The quantitative estimate of drug-likeness (QED) is 0.855. The molecular formula is C19H25N3O2. The van der Waals surface area contributed by atoms with Gasteiger partial charge in [0.05, 0.1) is 5.54 Å². The van der Waals surface area contributed by atoms with Gasteiger partial charge in [-0.25, -0.2) is 0 Å². The summed E-state index contributed by atoms with van der Waals surface area (Å²) in [5, 5.41) is 7.31. The van der Waals surface area contributed by atoms with Gasteiger partial charge in [-0.05, 0) is 51.8 Å². The standard InChI is InChI=1S/C19H25N3O2/c1-12(2)17-11-16(21-22(17)19(4,5)6)18(24)20-15-9-7-8-14(10-15)13(3)23/h7-12H,1-6H3,(H,20,24). The van der Waals surface area contributed by atoms with Gasteiger partial charge in [0.1, 0.15) is 0 Å². The van der Waals surface area contributed by atoms with Crippen molar-refractivity contribution in [3.8, 4) is 0 Å². The summed E-state index contributed by atoms with van der Waals surface area (Å²) < 4.78 is 1.90. The van der Waals surface area contributed by atoms with Crippen LogP contribution in [0.1, 0.15) is 74.0 Å². The summed E-state index contributed by atoms with van der Waals surface area (Å²) in [4.78, 5) is 24.0. The molecule has 2 aromatic rings. The second-order valence-electron chi connectivity index (χ2n) is 7.28. The molecule has 5 heteroatoms. The minimum absolute atomic E-state index is 0.0368. The minimum atomic E-state index is -0.277. The summed E-state index contributed by atoms with van der Waals surface area (Å²) in [6, 6.07) is 8.74. The van der Waals surface area contributed by atoms with E-state index in [4.69, 9.17) is 0 Å². The van der Waals surface area contributed by atoms with E-state index in [1.54, 1.807) is 24.3 Å². The van der Waals surface area contributed by atoms with Crippen molar-refractivity contribution in [3.05, 3.63) is 47.3 Å². The number of hydrogen-bond acceptors (Lipinski definition) is 3. The van der Waals surface area contributed by atoms with Crippen LogP contribution < -0.4 is 5.32 Å². The zero-order valence-electron chi connectivity index (χ0n) is 15.2. The first-order valence-electron chi connectivity index (χ1n) is 8.12. The third kappa shape index (κ3) is 3.91. The van der Waals surface area contributed by atoms with Crippen molar-refractivity contribution in [3.63, 3.8) is 0 Å². The topological polar surface area (TPSA) is 64.0 Å². The van der Waals surface area contributed by atoms with E-state index < -0.39 is 0 Å². The lowest BCUT2D eigenvalue weighted by molar-refractivity contribution is 0.100. The minimum Gasteiger partial charge on any atom is -0.321 e. The first-order chi connectivity index (χ1) is 11.1. The summed E-state index contributed by atoms with van der Waals surface area (Å²) in [7, 11) is 0. The number of nitrogens with one attached hydrogen (secondary N) is 1. The highest BCUT2D eigenvalue weighted by Crippen LogP contribution is 2.24. The lowest BCUT2D eigenvalue weighted by Crippen LogP contribution is -2.26. The van der Waals surface area contributed by atoms with E-state index in [1.807, 2.05) is 10.7 Å². The average molecular weight is 327 g/mol. The molecule has 0 unspecified atom stereocenters. The first-order valence-corrected chi connectivity index (χ1v) is 8.12. The molecule has 0 spiro atoms. The Labute approximate surface area is 143 Å².